The second-order valence-corrected chi connectivity index (χ2v) is 3.34. The van der Waals surface area contributed by atoms with Gasteiger partial charge in [-0.3, -0.25) is 4.79 Å². The number of hydrogen-bond donors (Lipinski definition) is 1. The van der Waals surface area contributed by atoms with Gasteiger partial charge in [0.05, 0.1) is 0 Å². The van der Waals surface area contributed by atoms with Crippen LogP contribution in [-0.4, -0.2) is 36.0 Å². The highest BCUT2D eigenvalue weighted by molar-refractivity contribution is 14.1. The van der Waals surface area contributed by atoms with Gasteiger partial charge in [0.2, 0.25) is 0 Å². The second kappa shape index (κ2) is 5.91. The Morgan fingerprint density at radius 1 is 1.60 bits per heavy atom. The first kappa shape index (κ1) is 10.2. The van der Waals surface area contributed by atoms with E-state index in [1.54, 1.807) is 22.6 Å². The standard InChI is InChI=1S/C6H13IN2O/c1-9(2)5-3-4-8-6(7)10/h3-5H2,1-2H3,(H,8,10). The quantitative estimate of drug-likeness (QED) is 0.353. The van der Waals surface area contributed by atoms with E-state index in [1.807, 2.05) is 14.1 Å². The van der Waals surface area contributed by atoms with E-state index in [0.717, 1.165) is 19.5 Å². The Bertz CT molecular complexity index is 106. The summed E-state index contributed by atoms with van der Waals surface area (Å²) in [4.78, 5) is 12.4. The van der Waals surface area contributed by atoms with Gasteiger partial charge in [0.1, 0.15) is 0 Å². The summed E-state index contributed by atoms with van der Waals surface area (Å²) in [7, 11) is 4.04. The molecule has 0 fully saturated rings. The van der Waals surface area contributed by atoms with Crippen LogP contribution in [0.1, 0.15) is 6.42 Å². The Morgan fingerprint density at radius 2 is 2.20 bits per heavy atom. The molecule has 0 heterocycles. The van der Waals surface area contributed by atoms with Gasteiger partial charge in [0.15, 0.2) is 0 Å². The molecule has 0 rings (SSSR count). The first-order chi connectivity index (χ1) is 4.63. The molecule has 0 aliphatic heterocycles. The monoisotopic (exact) mass is 256 g/mol. The van der Waals surface area contributed by atoms with E-state index in [1.165, 1.54) is 0 Å². The molecule has 0 saturated heterocycles. The largest absolute Gasteiger partial charge is 0.347 e. The highest BCUT2D eigenvalue weighted by atomic mass is 127. The number of hydrogen-bond acceptors (Lipinski definition) is 2. The third kappa shape index (κ3) is 8.16. The van der Waals surface area contributed by atoms with Crippen molar-refractivity contribution in [2.75, 3.05) is 27.2 Å². The lowest BCUT2D eigenvalue weighted by Crippen LogP contribution is -2.22. The van der Waals surface area contributed by atoms with E-state index < -0.39 is 0 Å². The van der Waals surface area contributed by atoms with Gasteiger partial charge in [-0.15, -0.1) is 0 Å². The third-order valence-electron chi connectivity index (χ3n) is 1.05. The molecule has 3 nitrogen and oxygen atoms in total. The zero-order valence-corrected chi connectivity index (χ0v) is 8.51. The van der Waals surface area contributed by atoms with Gasteiger partial charge in [-0.1, -0.05) is 0 Å². The Balaban J connectivity index is 2.98. The van der Waals surface area contributed by atoms with Crippen LogP contribution in [0.15, 0.2) is 0 Å². The molecular formula is C6H13IN2O. The van der Waals surface area contributed by atoms with Crippen LogP contribution in [-0.2, 0) is 0 Å². The summed E-state index contributed by atoms with van der Waals surface area (Å²) in [6, 6.07) is 0. The third-order valence-corrected chi connectivity index (χ3v) is 1.43. The molecule has 0 bridgehead atoms. The molecular weight excluding hydrogens is 243 g/mol. The Kier molecular flexibility index (Phi) is 6.00. The fourth-order valence-electron chi connectivity index (χ4n) is 0.582. The molecule has 1 N–H and O–H groups in total. The number of carbonyl (C=O) groups excluding carboxylic acids is 1. The Hall–Kier alpha value is 0.160. The molecule has 0 spiro atoms. The summed E-state index contributed by atoms with van der Waals surface area (Å²) in [5, 5.41) is 2.72. The highest BCUT2D eigenvalue weighted by Gasteiger charge is 1.92. The molecule has 4 heteroatoms. The van der Waals surface area contributed by atoms with E-state index in [0.29, 0.717) is 0 Å². The van der Waals surface area contributed by atoms with E-state index >= 15 is 0 Å². The van der Waals surface area contributed by atoms with Crippen molar-refractivity contribution in [2.45, 2.75) is 6.42 Å². The highest BCUT2D eigenvalue weighted by Crippen LogP contribution is 1.85. The zero-order chi connectivity index (χ0) is 7.98. The fourth-order valence-corrected chi connectivity index (χ4v) is 0.852. The predicted molar refractivity (Wildman–Crippen MR) is 50.6 cm³/mol. The topological polar surface area (TPSA) is 32.3 Å². The van der Waals surface area contributed by atoms with Crippen LogP contribution >= 0.6 is 22.6 Å². The molecule has 0 aromatic carbocycles. The van der Waals surface area contributed by atoms with E-state index in [2.05, 4.69) is 10.2 Å². The van der Waals surface area contributed by atoms with Crippen LogP contribution in [0, 0.1) is 0 Å². The van der Waals surface area contributed by atoms with E-state index in [4.69, 9.17) is 0 Å². The maximum absolute atomic E-state index is 10.4. The van der Waals surface area contributed by atoms with Crippen LogP contribution < -0.4 is 5.32 Å². The van der Waals surface area contributed by atoms with Crippen molar-refractivity contribution in [3.63, 3.8) is 0 Å². The maximum Gasteiger partial charge on any atom is 0.280 e. The summed E-state index contributed by atoms with van der Waals surface area (Å²) in [6.07, 6.45) is 1.02. The second-order valence-electron chi connectivity index (χ2n) is 2.36. The van der Waals surface area contributed by atoms with Crippen molar-refractivity contribution in [1.82, 2.24) is 10.2 Å². The lowest BCUT2D eigenvalue weighted by molar-refractivity contribution is 0.262. The summed E-state index contributed by atoms with van der Waals surface area (Å²) in [6.45, 7) is 1.80. The summed E-state index contributed by atoms with van der Waals surface area (Å²) in [5.74, 6) is 0. The molecule has 10 heavy (non-hydrogen) atoms. The molecule has 0 aromatic rings. The Labute approximate surface area is 75.3 Å². The first-order valence-electron chi connectivity index (χ1n) is 3.21. The van der Waals surface area contributed by atoms with Crippen molar-refractivity contribution in [3.8, 4) is 0 Å². The van der Waals surface area contributed by atoms with E-state index in [9.17, 15) is 4.79 Å². The molecule has 0 aromatic heterocycles. The van der Waals surface area contributed by atoms with Gasteiger partial charge in [0, 0.05) is 29.1 Å². The number of nitrogens with one attached hydrogen (secondary N) is 1. The minimum atomic E-state index is 0.0244. The van der Waals surface area contributed by atoms with Gasteiger partial charge in [0.25, 0.3) is 3.91 Å². The lowest BCUT2D eigenvalue weighted by Gasteiger charge is -2.08. The maximum atomic E-state index is 10.4. The van der Waals surface area contributed by atoms with Gasteiger partial charge < -0.3 is 10.2 Å². The summed E-state index contributed by atoms with van der Waals surface area (Å²) >= 11 is 1.74. The number of nitrogens with zero attached hydrogens (tertiary/aromatic N) is 1. The van der Waals surface area contributed by atoms with Gasteiger partial charge >= 0.3 is 0 Å². The summed E-state index contributed by atoms with van der Waals surface area (Å²) < 4.78 is 0.0244. The molecule has 0 unspecified atom stereocenters. The van der Waals surface area contributed by atoms with Crippen molar-refractivity contribution in [1.29, 1.82) is 0 Å². The summed E-state index contributed by atoms with van der Waals surface area (Å²) in [5.41, 5.74) is 0. The fraction of sp³-hybridized carbons (Fsp3) is 0.833. The number of amides is 1. The predicted octanol–water partition coefficient (Wildman–Crippen LogP) is 1.08. The SMILES string of the molecule is CN(C)CCCNC(=O)I. The van der Waals surface area contributed by atoms with E-state index in [-0.39, 0.29) is 3.91 Å². The van der Waals surface area contributed by atoms with Gasteiger partial charge in [-0.2, -0.15) is 0 Å². The smallest absolute Gasteiger partial charge is 0.280 e. The van der Waals surface area contributed by atoms with Gasteiger partial charge in [-0.05, 0) is 27.1 Å². The van der Waals surface area contributed by atoms with Crippen LogP contribution in [0.2, 0.25) is 0 Å². The Morgan fingerprint density at radius 3 is 2.60 bits per heavy atom. The molecule has 0 radical (unpaired) electrons. The van der Waals surface area contributed by atoms with Crippen LogP contribution in [0.25, 0.3) is 0 Å². The average Bonchev–Trinajstić information content (AvgIpc) is 1.79. The van der Waals surface area contributed by atoms with Crippen molar-refractivity contribution >= 4 is 26.5 Å². The number of carbonyl (C=O) groups is 1. The minimum Gasteiger partial charge on any atom is -0.347 e. The van der Waals surface area contributed by atoms with Crippen LogP contribution in [0.4, 0.5) is 4.79 Å². The van der Waals surface area contributed by atoms with Crippen molar-refractivity contribution < 1.29 is 4.79 Å². The van der Waals surface area contributed by atoms with Gasteiger partial charge in [-0.25, -0.2) is 0 Å². The van der Waals surface area contributed by atoms with Crippen LogP contribution in [0.3, 0.4) is 0 Å². The zero-order valence-electron chi connectivity index (χ0n) is 6.35. The molecule has 1 amide bonds. The first-order valence-corrected chi connectivity index (χ1v) is 4.29. The molecule has 0 aliphatic rings. The molecule has 0 aliphatic carbocycles. The minimum absolute atomic E-state index is 0.0244. The van der Waals surface area contributed by atoms with Crippen molar-refractivity contribution in [2.24, 2.45) is 0 Å². The average molecular weight is 256 g/mol. The lowest BCUT2D eigenvalue weighted by atomic mass is 10.4. The molecule has 0 saturated carbocycles. The number of halogens is 1. The van der Waals surface area contributed by atoms with Crippen LogP contribution in [0.5, 0.6) is 0 Å². The normalized spacial score (nSPS) is 10.0. The number of rotatable bonds is 4. The van der Waals surface area contributed by atoms with Crippen molar-refractivity contribution in [3.05, 3.63) is 0 Å². The molecule has 0 atom stereocenters. The molecule has 60 valence electrons.